The lowest BCUT2D eigenvalue weighted by Gasteiger charge is -2.16. The third-order valence-corrected chi connectivity index (χ3v) is 4.50. The van der Waals surface area contributed by atoms with Crippen molar-refractivity contribution in [2.45, 2.75) is 32.4 Å². The second-order valence-electron chi connectivity index (χ2n) is 6.58. The zero-order valence-corrected chi connectivity index (χ0v) is 17.1. The van der Waals surface area contributed by atoms with Gasteiger partial charge >= 0.3 is 0 Å². The van der Waals surface area contributed by atoms with Crippen LogP contribution < -0.4 is 24.8 Å². The summed E-state index contributed by atoms with van der Waals surface area (Å²) in [4.78, 5) is 9.06. The minimum atomic E-state index is 0.414. The van der Waals surface area contributed by atoms with Crippen molar-refractivity contribution in [1.82, 2.24) is 15.6 Å². The largest absolute Gasteiger partial charge is 0.493 e. The lowest BCUT2D eigenvalue weighted by molar-refractivity contribution is 0.342. The molecule has 1 aliphatic carbocycles. The standard InChI is InChI=1S/C22H28N4O3/c1-4-23-22(26-17-8-5-6-9-17)25-15-16-12-13-20(24-14-16)29-21-18(27-2)10-7-11-19(21)28-3/h5-7,10-14,17H,4,8-9,15H2,1-3H3,(H2,23,25,26). The normalized spacial score (nSPS) is 14.0. The minimum Gasteiger partial charge on any atom is -0.493 e. The summed E-state index contributed by atoms with van der Waals surface area (Å²) in [6, 6.07) is 9.66. The molecule has 29 heavy (non-hydrogen) atoms. The van der Waals surface area contributed by atoms with Gasteiger partial charge in [0.25, 0.3) is 0 Å². The van der Waals surface area contributed by atoms with E-state index in [0.717, 1.165) is 30.9 Å². The summed E-state index contributed by atoms with van der Waals surface area (Å²) < 4.78 is 16.6. The monoisotopic (exact) mass is 396 g/mol. The smallest absolute Gasteiger partial charge is 0.219 e. The van der Waals surface area contributed by atoms with Gasteiger partial charge in [0.2, 0.25) is 11.6 Å². The molecule has 0 fully saturated rings. The first-order chi connectivity index (χ1) is 14.2. The number of aromatic nitrogens is 1. The molecule has 2 aromatic rings. The van der Waals surface area contributed by atoms with E-state index in [1.54, 1.807) is 20.4 Å². The molecule has 7 nitrogen and oxygen atoms in total. The molecule has 7 heteroatoms. The van der Waals surface area contributed by atoms with Crippen LogP contribution in [0.3, 0.4) is 0 Å². The Balaban J connectivity index is 1.65. The zero-order chi connectivity index (χ0) is 20.5. The van der Waals surface area contributed by atoms with Crippen molar-refractivity contribution in [3.63, 3.8) is 0 Å². The molecule has 0 radical (unpaired) electrons. The van der Waals surface area contributed by atoms with Gasteiger partial charge in [-0.05, 0) is 37.5 Å². The lowest BCUT2D eigenvalue weighted by Crippen LogP contribution is -2.42. The van der Waals surface area contributed by atoms with Crippen LogP contribution in [0.15, 0.2) is 53.7 Å². The SMILES string of the molecule is CCNC(=NCc1ccc(Oc2c(OC)cccc2OC)nc1)NC1CC=CC1. The number of hydrogen-bond acceptors (Lipinski definition) is 5. The highest BCUT2D eigenvalue weighted by atomic mass is 16.5. The molecular formula is C22H28N4O3. The van der Waals surface area contributed by atoms with Crippen molar-refractivity contribution >= 4 is 5.96 Å². The number of guanidine groups is 1. The zero-order valence-electron chi connectivity index (χ0n) is 17.1. The summed E-state index contributed by atoms with van der Waals surface area (Å²) in [6.45, 7) is 3.41. The topological polar surface area (TPSA) is 77.0 Å². The number of benzene rings is 1. The molecule has 0 bridgehead atoms. The fourth-order valence-corrected chi connectivity index (χ4v) is 3.01. The highest BCUT2D eigenvalue weighted by molar-refractivity contribution is 5.80. The molecule has 1 heterocycles. The van der Waals surface area contributed by atoms with E-state index in [1.165, 1.54) is 0 Å². The van der Waals surface area contributed by atoms with E-state index >= 15 is 0 Å². The van der Waals surface area contributed by atoms with Crippen molar-refractivity contribution in [3.8, 4) is 23.1 Å². The average Bonchev–Trinajstić information content (AvgIpc) is 3.26. The van der Waals surface area contributed by atoms with Gasteiger partial charge in [0.15, 0.2) is 17.5 Å². The molecule has 3 rings (SSSR count). The van der Waals surface area contributed by atoms with Crippen LogP contribution in [0.1, 0.15) is 25.3 Å². The van der Waals surface area contributed by atoms with Crippen LogP contribution in [0.2, 0.25) is 0 Å². The molecular weight excluding hydrogens is 368 g/mol. The van der Waals surface area contributed by atoms with Gasteiger partial charge in [-0.1, -0.05) is 24.3 Å². The summed E-state index contributed by atoms with van der Waals surface area (Å²) in [7, 11) is 3.18. The number of aliphatic imine (C=N–C) groups is 1. The Kier molecular flexibility index (Phi) is 7.33. The molecule has 154 valence electrons. The van der Waals surface area contributed by atoms with Crippen LogP contribution >= 0.6 is 0 Å². The molecule has 1 aromatic carbocycles. The maximum absolute atomic E-state index is 5.90. The van der Waals surface area contributed by atoms with Gasteiger partial charge in [-0.2, -0.15) is 0 Å². The third-order valence-electron chi connectivity index (χ3n) is 4.50. The molecule has 1 aliphatic rings. The van der Waals surface area contributed by atoms with E-state index in [2.05, 4.69) is 39.7 Å². The Morgan fingerprint density at radius 2 is 1.83 bits per heavy atom. The van der Waals surface area contributed by atoms with E-state index in [9.17, 15) is 0 Å². The van der Waals surface area contributed by atoms with Crippen LogP contribution in [-0.2, 0) is 6.54 Å². The number of rotatable bonds is 8. The quantitative estimate of drug-likeness (QED) is 0.403. The van der Waals surface area contributed by atoms with Crippen molar-refractivity contribution in [2.75, 3.05) is 20.8 Å². The van der Waals surface area contributed by atoms with Crippen molar-refractivity contribution in [1.29, 1.82) is 0 Å². The summed E-state index contributed by atoms with van der Waals surface area (Å²) in [5, 5.41) is 6.75. The third kappa shape index (κ3) is 5.63. The molecule has 0 unspecified atom stereocenters. The van der Waals surface area contributed by atoms with Gasteiger partial charge in [-0.15, -0.1) is 0 Å². The van der Waals surface area contributed by atoms with Gasteiger partial charge < -0.3 is 24.8 Å². The predicted octanol–water partition coefficient (Wildman–Crippen LogP) is 3.66. The summed E-state index contributed by atoms with van der Waals surface area (Å²) in [6.07, 6.45) is 8.22. The fourth-order valence-electron chi connectivity index (χ4n) is 3.01. The number of methoxy groups -OCH3 is 2. The Hall–Kier alpha value is -3.22. The van der Waals surface area contributed by atoms with Crippen LogP contribution in [0.4, 0.5) is 0 Å². The molecule has 1 aromatic heterocycles. The maximum atomic E-state index is 5.90. The van der Waals surface area contributed by atoms with Crippen LogP contribution in [0.5, 0.6) is 23.1 Å². The van der Waals surface area contributed by atoms with Gasteiger partial charge in [0, 0.05) is 24.8 Å². The number of para-hydroxylation sites is 1. The van der Waals surface area contributed by atoms with Gasteiger partial charge in [0.1, 0.15) is 0 Å². The van der Waals surface area contributed by atoms with Crippen molar-refractivity contribution < 1.29 is 14.2 Å². The van der Waals surface area contributed by atoms with E-state index < -0.39 is 0 Å². The van der Waals surface area contributed by atoms with Crippen LogP contribution in [-0.4, -0.2) is 37.7 Å². The average molecular weight is 396 g/mol. The summed E-state index contributed by atoms with van der Waals surface area (Å²) in [5.41, 5.74) is 0.992. The summed E-state index contributed by atoms with van der Waals surface area (Å²) in [5.74, 6) is 2.95. The highest BCUT2D eigenvalue weighted by Crippen LogP contribution is 2.39. The Labute approximate surface area is 171 Å². The first-order valence-corrected chi connectivity index (χ1v) is 9.77. The minimum absolute atomic E-state index is 0.414. The molecule has 0 aliphatic heterocycles. The van der Waals surface area contributed by atoms with Gasteiger partial charge in [-0.25, -0.2) is 9.98 Å². The van der Waals surface area contributed by atoms with Crippen molar-refractivity contribution in [3.05, 3.63) is 54.2 Å². The Morgan fingerprint density at radius 3 is 2.41 bits per heavy atom. The second-order valence-corrected chi connectivity index (χ2v) is 6.58. The molecule has 0 amide bonds. The maximum Gasteiger partial charge on any atom is 0.219 e. The second kappa shape index (κ2) is 10.4. The van der Waals surface area contributed by atoms with E-state index in [-0.39, 0.29) is 0 Å². The van der Waals surface area contributed by atoms with Gasteiger partial charge in [0.05, 0.1) is 20.8 Å². The highest BCUT2D eigenvalue weighted by Gasteiger charge is 2.13. The first-order valence-electron chi connectivity index (χ1n) is 9.77. The fraction of sp³-hybridized carbons (Fsp3) is 0.364. The molecule has 0 atom stereocenters. The molecule has 0 spiro atoms. The number of ether oxygens (including phenoxy) is 3. The molecule has 0 saturated heterocycles. The van der Waals surface area contributed by atoms with E-state index in [1.807, 2.05) is 30.3 Å². The number of nitrogens with zero attached hydrogens (tertiary/aromatic N) is 2. The Morgan fingerprint density at radius 1 is 1.10 bits per heavy atom. The number of pyridine rings is 1. The van der Waals surface area contributed by atoms with E-state index in [4.69, 9.17) is 14.2 Å². The van der Waals surface area contributed by atoms with Crippen LogP contribution in [0.25, 0.3) is 0 Å². The van der Waals surface area contributed by atoms with Crippen molar-refractivity contribution in [2.24, 2.45) is 4.99 Å². The van der Waals surface area contributed by atoms with Crippen LogP contribution in [0, 0.1) is 0 Å². The predicted molar refractivity (Wildman–Crippen MR) is 114 cm³/mol. The lowest BCUT2D eigenvalue weighted by atomic mass is 10.2. The molecule has 0 saturated carbocycles. The van der Waals surface area contributed by atoms with Gasteiger partial charge in [-0.3, -0.25) is 0 Å². The van der Waals surface area contributed by atoms with E-state index in [0.29, 0.717) is 35.7 Å². The number of nitrogens with one attached hydrogen (secondary N) is 2. The number of hydrogen-bond donors (Lipinski definition) is 2. The first kappa shape index (κ1) is 20.5. The Bertz CT molecular complexity index is 819. The molecule has 2 N–H and O–H groups in total. The summed E-state index contributed by atoms with van der Waals surface area (Å²) >= 11 is 0.